The predicted molar refractivity (Wildman–Crippen MR) is 102 cm³/mol. The Balaban J connectivity index is 1.81. The van der Waals surface area contributed by atoms with Crippen molar-refractivity contribution in [1.29, 1.82) is 0 Å². The number of hydrogen-bond acceptors (Lipinski definition) is 4. The quantitative estimate of drug-likeness (QED) is 0.423. The van der Waals surface area contributed by atoms with Crippen molar-refractivity contribution < 1.29 is 14.8 Å². The van der Waals surface area contributed by atoms with Gasteiger partial charge in [-0.1, -0.05) is 25.8 Å². The van der Waals surface area contributed by atoms with Crippen LogP contribution >= 0.6 is 0 Å². The van der Waals surface area contributed by atoms with Crippen LogP contribution in [0.4, 0.5) is 0 Å². The van der Waals surface area contributed by atoms with Gasteiger partial charge in [0, 0.05) is 6.54 Å². The zero-order chi connectivity index (χ0) is 19.4. The summed E-state index contributed by atoms with van der Waals surface area (Å²) in [5.74, 6) is 0.405. The number of aromatic amines is 1. The summed E-state index contributed by atoms with van der Waals surface area (Å²) in [4.78, 5) is 33.9. The maximum atomic E-state index is 13.2. The van der Waals surface area contributed by atoms with Gasteiger partial charge in [0.15, 0.2) is 0 Å². The highest BCUT2D eigenvalue weighted by atomic mass is 16.5. The van der Waals surface area contributed by atoms with Crippen LogP contribution in [-0.2, 0) is 9.59 Å². The van der Waals surface area contributed by atoms with Crippen molar-refractivity contribution in [3.8, 4) is 0 Å². The lowest BCUT2D eigenvalue weighted by molar-refractivity contribution is -0.157. The fraction of sp³-hybridized carbons (Fsp3) is 0.550. The Bertz CT molecular complexity index is 804. The number of carbonyl (C=O) groups excluding carboxylic acids is 2. The molecule has 2 atom stereocenters. The first kappa shape index (κ1) is 19.4. The van der Waals surface area contributed by atoms with E-state index in [4.69, 9.17) is 4.98 Å². The molecular weight excluding hydrogens is 344 g/mol. The van der Waals surface area contributed by atoms with Crippen molar-refractivity contribution in [2.24, 2.45) is 5.92 Å². The number of imidazole rings is 1. The number of fused-ring (bicyclic) bond motifs is 1. The largest absolute Gasteiger partial charge is 0.340 e. The molecular formula is C20H28N4O3. The molecule has 1 aromatic carbocycles. The maximum Gasteiger partial charge on any atom is 0.233 e. The number of benzene rings is 1. The third kappa shape index (κ3) is 4.30. The number of hydrogen-bond donors (Lipinski definition) is 2. The summed E-state index contributed by atoms with van der Waals surface area (Å²) in [6.45, 7) is 4.81. The lowest BCUT2D eigenvalue weighted by atomic mass is 9.99. The van der Waals surface area contributed by atoms with Gasteiger partial charge in [-0.25, -0.2) is 10.0 Å². The van der Waals surface area contributed by atoms with Gasteiger partial charge in [-0.2, -0.15) is 0 Å². The Labute approximate surface area is 159 Å². The molecule has 1 aromatic heterocycles. The fourth-order valence-corrected chi connectivity index (χ4v) is 3.86. The lowest BCUT2D eigenvalue weighted by Gasteiger charge is -2.29. The molecule has 2 amide bonds. The minimum Gasteiger partial charge on any atom is -0.340 e. The summed E-state index contributed by atoms with van der Waals surface area (Å²) >= 11 is 0. The van der Waals surface area contributed by atoms with E-state index in [2.05, 4.69) is 18.0 Å². The first-order chi connectivity index (χ1) is 13.0. The molecule has 7 heteroatoms. The van der Waals surface area contributed by atoms with E-state index in [1.165, 1.54) is 0 Å². The summed E-state index contributed by atoms with van der Waals surface area (Å²) < 4.78 is 0. The van der Waals surface area contributed by atoms with Crippen LogP contribution in [0.15, 0.2) is 18.2 Å². The molecule has 27 heavy (non-hydrogen) atoms. The standard InChI is InChI=1S/C20H28N4O3/c1-3-4-6-15(12-23(27)13-25)20(26)24-10-5-7-18(24)19-21-16-9-8-14(2)11-17(16)22-19/h8-9,11,13,15,18,27H,3-7,10,12H2,1-2H3,(H,21,22). The van der Waals surface area contributed by atoms with Crippen LogP contribution in [0.2, 0.25) is 0 Å². The number of aromatic nitrogens is 2. The van der Waals surface area contributed by atoms with Crippen molar-refractivity contribution in [1.82, 2.24) is 19.9 Å². The number of aryl methyl sites for hydroxylation is 1. The van der Waals surface area contributed by atoms with Gasteiger partial charge in [0.2, 0.25) is 12.3 Å². The highest BCUT2D eigenvalue weighted by Gasteiger charge is 2.35. The second-order valence-electron chi connectivity index (χ2n) is 7.40. The summed E-state index contributed by atoms with van der Waals surface area (Å²) in [5.41, 5.74) is 3.04. The maximum absolute atomic E-state index is 13.2. The molecule has 2 N–H and O–H groups in total. The van der Waals surface area contributed by atoms with Gasteiger partial charge in [-0.3, -0.25) is 14.8 Å². The van der Waals surface area contributed by atoms with Gasteiger partial charge in [0.05, 0.1) is 29.5 Å². The number of H-pyrrole nitrogens is 1. The SMILES string of the molecule is CCCCC(CN(O)C=O)C(=O)N1CCCC1c1nc2ccc(C)cc2[nH]1. The Kier molecular flexibility index (Phi) is 6.11. The van der Waals surface area contributed by atoms with E-state index in [0.29, 0.717) is 24.4 Å². The van der Waals surface area contributed by atoms with Crippen molar-refractivity contribution in [3.63, 3.8) is 0 Å². The van der Waals surface area contributed by atoms with Crippen molar-refractivity contribution in [3.05, 3.63) is 29.6 Å². The summed E-state index contributed by atoms with van der Waals surface area (Å²) in [5, 5.41) is 10.2. The van der Waals surface area contributed by atoms with Gasteiger partial charge in [-0.15, -0.1) is 0 Å². The average molecular weight is 372 g/mol. The molecule has 146 valence electrons. The van der Waals surface area contributed by atoms with E-state index in [9.17, 15) is 14.8 Å². The summed E-state index contributed by atoms with van der Waals surface area (Å²) in [6.07, 6.45) is 4.64. The molecule has 1 saturated heterocycles. The minimum atomic E-state index is -0.396. The third-order valence-corrected chi connectivity index (χ3v) is 5.29. The van der Waals surface area contributed by atoms with Gasteiger partial charge >= 0.3 is 0 Å². The van der Waals surface area contributed by atoms with E-state index in [0.717, 1.165) is 48.1 Å². The van der Waals surface area contributed by atoms with E-state index in [1.54, 1.807) is 0 Å². The second-order valence-corrected chi connectivity index (χ2v) is 7.40. The van der Waals surface area contributed by atoms with Gasteiger partial charge in [0.1, 0.15) is 5.82 Å². The number of nitrogens with one attached hydrogen (secondary N) is 1. The molecule has 0 aliphatic carbocycles. The number of rotatable bonds is 8. The third-order valence-electron chi connectivity index (χ3n) is 5.29. The number of likely N-dealkylation sites (tertiary alicyclic amines) is 1. The number of amides is 2. The van der Waals surface area contributed by atoms with Gasteiger partial charge in [-0.05, 0) is 43.9 Å². The Hall–Kier alpha value is -2.41. The van der Waals surface area contributed by atoms with E-state index in [-0.39, 0.29) is 18.5 Å². The average Bonchev–Trinajstić information content (AvgIpc) is 3.30. The normalized spacial score (nSPS) is 18.0. The fourth-order valence-electron chi connectivity index (χ4n) is 3.86. The highest BCUT2D eigenvalue weighted by Crippen LogP contribution is 2.33. The van der Waals surface area contributed by atoms with Gasteiger partial charge < -0.3 is 9.88 Å². The number of hydroxylamine groups is 2. The van der Waals surface area contributed by atoms with Gasteiger partial charge in [0.25, 0.3) is 0 Å². The lowest BCUT2D eigenvalue weighted by Crippen LogP contribution is -2.40. The first-order valence-corrected chi connectivity index (χ1v) is 9.71. The number of carbonyl (C=O) groups is 2. The molecule has 0 saturated carbocycles. The Morgan fingerprint density at radius 2 is 2.33 bits per heavy atom. The second kappa shape index (κ2) is 8.52. The highest BCUT2D eigenvalue weighted by molar-refractivity contribution is 5.80. The van der Waals surface area contributed by atoms with E-state index in [1.807, 2.05) is 24.0 Å². The van der Waals surface area contributed by atoms with Crippen molar-refractivity contribution in [2.75, 3.05) is 13.1 Å². The molecule has 0 spiro atoms. The Morgan fingerprint density at radius 1 is 1.52 bits per heavy atom. The van der Waals surface area contributed by atoms with Crippen molar-refractivity contribution in [2.45, 2.75) is 52.0 Å². The first-order valence-electron chi connectivity index (χ1n) is 9.71. The topological polar surface area (TPSA) is 89.5 Å². The number of nitrogens with zero attached hydrogens (tertiary/aromatic N) is 3. The molecule has 2 heterocycles. The Morgan fingerprint density at radius 3 is 3.07 bits per heavy atom. The van der Waals surface area contributed by atoms with Crippen LogP contribution < -0.4 is 0 Å². The van der Waals surface area contributed by atoms with Crippen LogP contribution in [0, 0.1) is 12.8 Å². The van der Waals surface area contributed by atoms with Crippen molar-refractivity contribution >= 4 is 23.4 Å². The monoisotopic (exact) mass is 372 g/mol. The molecule has 7 nitrogen and oxygen atoms in total. The zero-order valence-corrected chi connectivity index (χ0v) is 16.0. The molecule has 3 rings (SSSR count). The molecule has 1 fully saturated rings. The zero-order valence-electron chi connectivity index (χ0n) is 16.0. The van der Waals surface area contributed by atoms with E-state index < -0.39 is 5.92 Å². The smallest absolute Gasteiger partial charge is 0.233 e. The van der Waals surface area contributed by atoms with Crippen LogP contribution in [-0.4, -0.2) is 50.5 Å². The summed E-state index contributed by atoms with van der Waals surface area (Å²) in [6, 6.07) is 5.99. The summed E-state index contributed by atoms with van der Waals surface area (Å²) in [7, 11) is 0. The van der Waals surface area contributed by atoms with Crippen LogP contribution in [0.25, 0.3) is 11.0 Å². The molecule has 0 bridgehead atoms. The van der Waals surface area contributed by atoms with Crippen LogP contribution in [0.1, 0.15) is 56.5 Å². The van der Waals surface area contributed by atoms with E-state index >= 15 is 0 Å². The molecule has 0 radical (unpaired) electrons. The predicted octanol–water partition coefficient (Wildman–Crippen LogP) is 3.19. The molecule has 2 unspecified atom stereocenters. The number of unbranched alkanes of at least 4 members (excludes halogenated alkanes) is 1. The molecule has 2 aromatic rings. The van der Waals surface area contributed by atoms with Crippen LogP contribution in [0.3, 0.4) is 0 Å². The van der Waals surface area contributed by atoms with Crippen LogP contribution in [0.5, 0.6) is 0 Å². The minimum absolute atomic E-state index is 0.0107. The molecule has 1 aliphatic rings. The molecule has 1 aliphatic heterocycles.